The highest BCUT2D eigenvalue weighted by atomic mass is 28.4. The summed E-state index contributed by atoms with van der Waals surface area (Å²) in [4.78, 5) is 10.5. The Hall–Kier alpha value is -0.893. The maximum atomic E-state index is 13.5. The molecular formula is C18H29F3O3Si. The predicted octanol–water partition coefficient (Wildman–Crippen LogP) is 4.99. The summed E-state index contributed by atoms with van der Waals surface area (Å²) in [6, 6.07) is 1.98. The lowest BCUT2D eigenvalue weighted by Gasteiger charge is -2.28. The number of halogens is 3. The van der Waals surface area contributed by atoms with E-state index < -0.39 is 26.3 Å². The lowest BCUT2D eigenvalue weighted by molar-refractivity contribution is 0.0472. The molecule has 1 aromatic rings. The summed E-state index contributed by atoms with van der Waals surface area (Å²) in [6.45, 7) is 7.44. The van der Waals surface area contributed by atoms with Crippen LogP contribution in [-0.2, 0) is 15.3 Å². The fraction of sp³-hybridized carbons (Fsp3) is 0.667. The SMILES string of the molecule is CC(C)O[Si](O)(CCCCCCc1cc(F)c(F)cc1F)OC(C)C. The monoisotopic (exact) mass is 378 g/mol. The quantitative estimate of drug-likeness (QED) is 0.335. The number of benzene rings is 1. The van der Waals surface area contributed by atoms with Crippen LogP contribution >= 0.6 is 0 Å². The summed E-state index contributed by atoms with van der Waals surface area (Å²) >= 11 is 0. The average Bonchev–Trinajstić information content (AvgIpc) is 2.45. The van der Waals surface area contributed by atoms with Crippen LogP contribution in [0.4, 0.5) is 13.2 Å². The molecule has 0 atom stereocenters. The van der Waals surface area contributed by atoms with Gasteiger partial charge in [0.1, 0.15) is 5.82 Å². The molecule has 0 heterocycles. The fourth-order valence-electron chi connectivity index (χ4n) is 2.65. The van der Waals surface area contributed by atoms with Gasteiger partial charge in [0.05, 0.1) is 0 Å². The normalized spacial score (nSPS) is 12.4. The van der Waals surface area contributed by atoms with Gasteiger partial charge in [0.25, 0.3) is 0 Å². The molecule has 0 spiro atoms. The van der Waals surface area contributed by atoms with Gasteiger partial charge >= 0.3 is 8.80 Å². The molecule has 0 bridgehead atoms. The van der Waals surface area contributed by atoms with Crippen molar-refractivity contribution in [2.24, 2.45) is 0 Å². The van der Waals surface area contributed by atoms with Gasteiger partial charge in [0, 0.05) is 24.3 Å². The average molecular weight is 379 g/mol. The molecule has 0 unspecified atom stereocenters. The van der Waals surface area contributed by atoms with Crippen LogP contribution in [0.15, 0.2) is 12.1 Å². The Kier molecular flexibility index (Phi) is 9.13. The first-order valence-corrected chi connectivity index (χ1v) is 10.8. The van der Waals surface area contributed by atoms with Gasteiger partial charge in [-0.1, -0.05) is 12.8 Å². The molecule has 1 rings (SSSR count). The second-order valence-corrected chi connectivity index (χ2v) is 9.21. The van der Waals surface area contributed by atoms with Gasteiger partial charge in [-0.05, 0) is 58.6 Å². The number of hydrogen-bond donors (Lipinski definition) is 1. The van der Waals surface area contributed by atoms with E-state index in [0.717, 1.165) is 25.3 Å². The molecule has 0 aromatic heterocycles. The zero-order valence-electron chi connectivity index (χ0n) is 15.4. The van der Waals surface area contributed by atoms with Crippen molar-refractivity contribution in [2.45, 2.75) is 78.1 Å². The van der Waals surface area contributed by atoms with Crippen LogP contribution < -0.4 is 0 Å². The number of hydrogen-bond acceptors (Lipinski definition) is 3. The molecule has 25 heavy (non-hydrogen) atoms. The maximum absolute atomic E-state index is 13.5. The second-order valence-electron chi connectivity index (χ2n) is 6.82. The van der Waals surface area contributed by atoms with Gasteiger partial charge in [-0.25, -0.2) is 13.2 Å². The van der Waals surface area contributed by atoms with Crippen molar-refractivity contribution in [1.82, 2.24) is 0 Å². The van der Waals surface area contributed by atoms with Crippen molar-refractivity contribution in [3.05, 3.63) is 35.1 Å². The summed E-state index contributed by atoms with van der Waals surface area (Å²) < 4.78 is 50.8. The highest BCUT2D eigenvalue weighted by molar-refractivity contribution is 6.59. The van der Waals surface area contributed by atoms with Crippen molar-refractivity contribution >= 4 is 8.80 Å². The second kappa shape index (κ2) is 10.3. The minimum absolute atomic E-state index is 0.105. The lowest BCUT2D eigenvalue weighted by atomic mass is 10.1. The van der Waals surface area contributed by atoms with E-state index in [1.54, 1.807) is 0 Å². The van der Waals surface area contributed by atoms with Gasteiger partial charge < -0.3 is 13.6 Å². The highest BCUT2D eigenvalue weighted by Crippen LogP contribution is 2.21. The standard InChI is InChI=1S/C18H29F3O3Si/c1-13(2)23-25(22,24-14(3)4)10-8-6-5-7-9-15-11-17(20)18(21)12-16(15)19/h11-14,22H,5-10H2,1-4H3. The Morgan fingerprint density at radius 1 is 0.840 bits per heavy atom. The minimum Gasteiger partial charge on any atom is -0.390 e. The molecule has 144 valence electrons. The first-order chi connectivity index (χ1) is 11.6. The summed E-state index contributed by atoms with van der Waals surface area (Å²) in [7, 11) is -3.17. The number of unbranched alkanes of at least 4 members (excludes halogenated alkanes) is 3. The minimum atomic E-state index is -3.17. The van der Waals surface area contributed by atoms with Crippen molar-refractivity contribution < 1.29 is 26.8 Å². The van der Waals surface area contributed by atoms with Gasteiger partial charge in [-0.3, -0.25) is 0 Å². The number of aryl methyl sites for hydroxylation is 1. The molecule has 0 saturated carbocycles. The fourth-order valence-corrected chi connectivity index (χ4v) is 5.12. The van der Waals surface area contributed by atoms with Crippen molar-refractivity contribution in [1.29, 1.82) is 0 Å². The Labute approximate surface area is 149 Å². The zero-order valence-corrected chi connectivity index (χ0v) is 16.4. The van der Waals surface area contributed by atoms with E-state index in [1.165, 1.54) is 0 Å². The van der Waals surface area contributed by atoms with Crippen molar-refractivity contribution in [2.75, 3.05) is 0 Å². The van der Waals surface area contributed by atoms with E-state index in [0.29, 0.717) is 25.0 Å². The van der Waals surface area contributed by atoms with E-state index >= 15 is 0 Å². The Bertz CT molecular complexity index is 529. The molecule has 0 aliphatic carbocycles. The Morgan fingerprint density at radius 3 is 1.92 bits per heavy atom. The summed E-state index contributed by atoms with van der Waals surface area (Å²) in [5, 5.41) is 0. The third-order valence-electron chi connectivity index (χ3n) is 3.62. The molecule has 0 radical (unpaired) electrons. The van der Waals surface area contributed by atoms with E-state index in [-0.39, 0.29) is 17.8 Å². The predicted molar refractivity (Wildman–Crippen MR) is 93.7 cm³/mol. The van der Waals surface area contributed by atoms with E-state index in [9.17, 15) is 18.0 Å². The highest BCUT2D eigenvalue weighted by Gasteiger charge is 2.38. The largest absolute Gasteiger partial charge is 0.498 e. The lowest BCUT2D eigenvalue weighted by Crippen LogP contribution is -2.46. The Balaban J connectivity index is 2.36. The third kappa shape index (κ3) is 8.35. The first kappa shape index (κ1) is 22.1. The summed E-state index contributed by atoms with van der Waals surface area (Å²) in [5.41, 5.74) is 0.191. The maximum Gasteiger partial charge on any atom is 0.498 e. The molecular weight excluding hydrogens is 349 g/mol. The summed E-state index contributed by atoms with van der Waals surface area (Å²) in [5.74, 6) is -2.90. The summed E-state index contributed by atoms with van der Waals surface area (Å²) in [6.07, 6.45) is 3.17. The number of rotatable bonds is 11. The molecule has 3 nitrogen and oxygen atoms in total. The Morgan fingerprint density at radius 2 is 1.36 bits per heavy atom. The molecule has 1 aromatic carbocycles. The molecule has 0 fully saturated rings. The van der Waals surface area contributed by atoms with Crippen LogP contribution in [0.2, 0.25) is 6.04 Å². The van der Waals surface area contributed by atoms with Crippen LogP contribution in [0.1, 0.15) is 58.9 Å². The molecule has 0 aliphatic heterocycles. The van der Waals surface area contributed by atoms with Gasteiger partial charge in [0.15, 0.2) is 11.6 Å². The van der Waals surface area contributed by atoms with Crippen LogP contribution in [0.3, 0.4) is 0 Å². The van der Waals surface area contributed by atoms with Crippen LogP contribution in [0.25, 0.3) is 0 Å². The zero-order chi connectivity index (χ0) is 19.0. The van der Waals surface area contributed by atoms with E-state index in [1.807, 2.05) is 27.7 Å². The van der Waals surface area contributed by atoms with Crippen LogP contribution in [-0.4, -0.2) is 25.8 Å². The molecule has 1 N–H and O–H groups in total. The van der Waals surface area contributed by atoms with Gasteiger partial charge in [-0.15, -0.1) is 0 Å². The van der Waals surface area contributed by atoms with Gasteiger partial charge in [0.2, 0.25) is 0 Å². The van der Waals surface area contributed by atoms with E-state index in [2.05, 4.69) is 0 Å². The first-order valence-electron chi connectivity index (χ1n) is 8.84. The topological polar surface area (TPSA) is 38.7 Å². The van der Waals surface area contributed by atoms with Crippen molar-refractivity contribution in [3.8, 4) is 0 Å². The molecule has 0 aliphatic rings. The van der Waals surface area contributed by atoms with E-state index in [4.69, 9.17) is 8.85 Å². The smallest absolute Gasteiger partial charge is 0.390 e. The van der Waals surface area contributed by atoms with Crippen molar-refractivity contribution in [3.63, 3.8) is 0 Å². The molecule has 7 heteroatoms. The molecule has 0 amide bonds. The van der Waals surface area contributed by atoms with Crippen LogP contribution in [0.5, 0.6) is 0 Å². The molecule has 0 saturated heterocycles. The van der Waals surface area contributed by atoms with Gasteiger partial charge in [-0.2, -0.15) is 0 Å². The third-order valence-corrected chi connectivity index (χ3v) is 6.28. The van der Waals surface area contributed by atoms with Crippen LogP contribution in [0, 0.1) is 17.5 Å².